The Labute approximate surface area is 115 Å². The monoisotopic (exact) mass is 264 g/mol. The summed E-state index contributed by atoms with van der Waals surface area (Å²) >= 11 is 0. The molecule has 0 atom stereocenters. The van der Waals surface area contributed by atoms with Crippen molar-refractivity contribution in [3.05, 3.63) is 29.8 Å². The third-order valence-electron chi connectivity index (χ3n) is 3.90. The summed E-state index contributed by atoms with van der Waals surface area (Å²) < 4.78 is 5.63. The fourth-order valence-corrected chi connectivity index (χ4v) is 2.25. The molecule has 0 aliphatic carbocycles. The minimum Gasteiger partial charge on any atom is -0.494 e. The highest BCUT2D eigenvalue weighted by Crippen LogP contribution is 2.32. The van der Waals surface area contributed by atoms with Crippen molar-refractivity contribution in [2.24, 2.45) is 5.41 Å². The van der Waals surface area contributed by atoms with Gasteiger partial charge in [0.2, 0.25) is 0 Å². The van der Waals surface area contributed by atoms with Crippen LogP contribution in [0, 0.1) is 12.3 Å². The number of carboxylic acid groups (broad SMARTS) is 1. The molecule has 0 fully saturated rings. The van der Waals surface area contributed by atoms with Crippen LogP contribution in [0.5, 0.6) is 5.75 Å². The average Bonchev–Trinajstić information content (AvgIpc) is 2.41. The fraction of sp³-hybridized carbons (Fsp3) is 0.562. The minimum absolute atomic E-state index is 0.568. The van der Waals surface area contributed by atoms with Gasteiger partial charge in [-0.2, -0.15) is 0 Å². The molecule has 3 nitrogen and oxygen atoms in total. The zero-order valence-corrected chi connectivity index (χ0v) is 12.1. The first-order valence-electron chi connectivity index (χ1n) is 6.97. The van der Waals surface area contributed by atoms with Gasteiger partial charge in [0.25, 0.3) is 0 Å². The molecule has 3 heteroatoms. The Balaban J connectivity index is 2.41. The van der Waals surface area contributed by atoms with Crippen LogP contribution in [0.2, 0.25) is 0 Å². The zero-order valence-electron chi connectivity index (χ0n) is 12.1. The molecule has 106 valence electrons. The van der Waals surface area contributed by atoms with Gasteiger partial charge in [-0.1, -0.05) is 31.5 Å². The van der Waals surface area contributed by atoms with E-state index in [2.05, 4.69) is 0 Å². The summed E-state index contributed by atoms with van der Waals surface area (Å²) in [6.45, 7) is 6.49. The molecule has 0 saturated heterocycles. The Kier molecular flexibility index (Phi) is 5.87. The van der Waals surface area contributed by atoms with Gasteiger partial charge in [0.05, 0.1) is 12.0 Å². The molecule has 0 spiro atoms. The van der Waals surface area contributed by atoms with E-state index in [0.29, 0.717) is 25.9 Å². The van der Waals surface area contributed by atoms with Gasteiger partial charge < -0.3 is 9.84 Å². The number of rotatable bonds is 8. The number of aryl methyl sites for hydroxylation is 1. The van der Waals surface area contributed by atoms with E-state index in [1.54, 1.807) is 0 Å². The molecular formula is C16H24O3. The van der Waals surface area contributed by atoms with E-state index in [4.69, 9.17) is 4.74 Å². The van der Waals surface area contributed by atoms with Gasteiger partial charge in [-0.05, 0) is 44.7 Å². The van der Waals surface area contributed by atoms with Crippen LogP contribution < -0.4 is 4.74 Å². The number of carboxylic acids is 1. The second-order valence-electron chi connectivity index (χ2n) is 5.06. The molecule has 0 aliphatic heterocycles. The first-order valence-corrected chi connectivity index (χ1v) is 6.97. The fourth-order valence-electron chi connectivity index (χ4n) is 2.25. The van der Waals surface area contributed by atoms with Gasteiger partial charge in [-0.15, -0.1) is 0 Å². The number of hydrogen-bond donors (Lipinski definition) is 1. The topological polar surface area (TPSA) is 46.5 Å². The van der Waals surface area contributed by atoms with Crippen LogP contribution in [0.3, 0.4) is 0 Å². The maximum Gasteiger partial charge on any atom is 0.309 e. The van der Waals surface area contributed by atoms with Crippen LogP contribution in [-0.4, -0.2) is 17.7 Å². The maximum absolute atomic E-state index is 11.3. The van der Waals surface area contributed by atoms with E-state index in [9.17, 15) is 9.90 Å². The standard InChI is InChI=1S/C16H24O3/c1-4-16(5-2,15(17)18)11-6-12-19-14-9-7-13(3)8-10-14/h7-10H,4-6,11-12H2,1-3H3,(H,17,18). The van der Waals surface area contributed by atoms with Crippen LogP contribution in [0.1, 0.15) is 45.1 Å². The summed E-state index contributed by atoms with van der Waals surface area (Å²) in [4.78, 5) is 11.3. The molecule has 0 bridgehead atoms. The molecule has 0 unspecified atom stereocenters. The molecule has 1 aromatic carbocycles. The highest BCUT2D eigenvalue weighted by Gasteiger charge is 2.33. The molecule has 1 aromatic rings. The van der Waals surface area contributed by atoms with Crippen molar-refractivity contribution >= 4 is 5.97 Å². The summed E-state index contributed by atoms with van der Waals surface area (Å²) in [5, 5.41) is 9.33. The normalized spacial score (nSPS) is 11.3. The highest BCUT2D eigenvalue weighted by molar-refractivity contribution is 5.74. The maximum atomic E-state index is 11.3. The Morgan fingerprint density at radius 1 is 1.21 bits per heavy atom. The zero-order chi connectivity index (χ0) is 14.3. The molecular weight excluding hydrogens is 240 g/mol. The predicted octanol–water partition coefficient (Wildman–Crippen LogP) is 4.05. The van der Waals surface area contributed by atoms with Gasteiger partial charge in [-0.25, -0.2) is 0 Å². The van der Waals surface area contributed by atoms with Crippen molar-refractivity contribution < 1.29 is 14.6 Å². The molecule has 0 amide bonds. The lowest BCUT2D eigenvalue weighted by atomic mass is 9.78. The Bertz CT molecular complexity index is 391. The van der Waals surface area contributed by atoms with Gasteiger partial charge in [0, 0.05) is 0 Å². The van der Waals surface area contributed by atoms with E-state index in [-0.39, 0.29) is 0 Å². The molecule has 0 aromatic heterocycles. The van der Waals surface area contributed by atoms with E-state index in [1.165, 1.54) is 5.56 Å². The summed E-state index contributed by atoms with van der Waals surface area (Å²) in [5.74, 6) is 0.160. The van der Waals surface area contributed by atoms with Crippen LogP contribution in [0.25, 0.3) is 0 Å². The number of aliphatic carboxylic acids is 1. The summed E-state index contributed by atoms with van der Waals surface area (Å²) in [7, 11) is 0. The summed E-state index contributed by atoms with van der Waals surface area (Å²) in [6, 6.07) is 7.91. The number of carbonyl (C=O) groups is 1. The van der Waals surface area contributed by atoms with Gasteiger partial charge in [0.15, 0.2) is 0 Å². The van der Waals surface area contributed by atoms with Crippen molar-refractivity contribution in [1.29, 1.82) is 0 Å². The van der Waals surface area contributed by atoms with Crippen molar-refractivity contribution in [1.82, 2.24) is 0 Å². The van der Waals surface area contributed by atoms with Crippen LogP contribution >= 0.6 is 0 Å². The lowest BCUT2D eigenvalue weighted by Gasteiger charge is -2.26. The second kappa shape index (κ2) is 7.17. The Morgan fingerprint density at radius 2 is 1.79 bits per heavy atom. The molecule has 0 saturated carbocycles. The van der Waals surface area contributed by atoms with E-state index >= 15 is 0 Å². The molecule has 1 N–H and O–H groups in total. The lowest BCUT2D eigenvalue weighted by Crippen LogP contribution is -2.30. The quantitative estimate of drug-likeness (QED) is 0.721. The first-order chi connectivity index (χ1) is 9.04. The number of hydrogen-bond acceptors (Lipinski definition) is 2. The highest BCUT2D eigenvalue weighted by atomic mass is 16.5. The van der Waals surface area contributed by atoms with Crippen LogP contribution in [-0.2, 0) is 4.79 Å². The molecule has 1 rings (SSSR count). The van der Waals surface area contributed by atoms with Gasteiger partial charge >= 0.3 is 5.97 Å². The van der Waals surface area contributed by atoms with Crippen molar-refractivity contribution in [3.63, 3.8) is 0 Å². The van der Waals surface area contributed by atoms with Crippen LogP contribution in [0.15, 0.2) is 24.3 Å². The SMILES string of the molecule is CCC(CC)(CCCOc1ccc(C)cc1)C(=O)O. The predicted molar refractivity (Wildman–Crippen MR) is 76.6 cm³/mol. The number of benzene rings is 1. The summed E-state index contributed by atoms with van der Waals surface area (Å²) in [6.07, 6.45) is 2.77. The summed E-state index contributed by atoms with van der Waals surface area (Å²) in [5.41, 5.74) is 0.616. The molecule has 0 radical (unpaired) electrons. The lowest BCUT2D eigenvalue weighted by molar-refractivity contribution is -0.150. The first kappa shape index (κ1) is 15.5. The van der Waals surface area contributed by atoms with Crippen LogP contribution in [0.4, 0.5) is 0 Å². The van der Waals surface area contributed by atoms with E-state index < -0.39 is 11.4 Å². The number of ether oxygens (including phenoxy) is 1. The smallest absolute Gasteiger partial charge is 0.309 e. The van der Waals surface area contributed by atoms with Crippen molar-refractivity contribution in [2.75, 3.05) is 6.61 Å². The van der Waals surface area contributed by atoms with Crippen molar-refractivity contribution in [3.8, 4) is 5.75 Å². The third-order valence-corrected chi connectivity index (χ3v) is 3.90. The average molecular weight is 264 g/mol. The van der Waals surface area contributed by atoms with Gasteiger partial charge in [0.1, 0.15) is 5.75 Å². The van der Waals surface area contributed by atoms with Gasteiger partial charge in [-0.3, -0.25) is 4.79 Å². The molecule has 0 aliphatic rings. The Morgan fingerprint density at radius 3 is 2.26 bits per heavy atom. The largest absolute Gasteiger partial charge is 0.494 e. The van der Waals surface area contributed by atoms with E-state index in [0.717, 1.165) is 12.2 Å². The second-order valence-corrected chi connectivity index (χ2v) is 5.06. The van der Waals surface area contributed by atoms with Crippen molar-refractivity contribution in [2.45, 2.75) is 46.5 Å². The van der Waals surface area contributed by atoms with E-state index in [1.807, 2.05) is 45.0 Å². The molecule has 0 heterocycles. The molecule has 19 heavy (non-hydrogen) atoms. The minimum atomic E-state index is -0.687. The Hall–Kier alpha value is -1.51. The third kappa shape index (κ3) is 4.27.